The quantitative estimate of drug-likeness (QED) is 0.670. The van der Waals surface area contributed by atoms with E-state index in [-0.39, 0.29) is 29.1 Å². The van der Waals surface area contributed by atoms with Gasteiger partial charge in [0.15, 0.2) is 0 Å². The summed E-state index contributed by atoms with van der Waals surface area (Å²) in [6.07, 6.45) is 0. The molecule has 2 amide bonds. The molecule has 1 aromatic rings. The van der Waals surface area contributed by atoms with Gasteiger partial charge in [-0.2, -0.15) is 0 Å². The van der Waals surface area contributed by atoms with E-state index in [1.54, 1.807) is 6.07 Å². The van der Waals surface area contributed by atoms with Crippen molar-refractivity contribution in [2.45, 2.75) is 20.4 Å². The number of nitrogen functional groups attached to an aromatic ring is 1. The molecular weight excluding hydrogens is 308 g/mol. The first-order chi connectivity index (χ1) is 8.85. The second-order valence-electron chi connectivity index (χ2n) is 5.86. The number of nitrogens with two attached hydrogens (primary N) is 1. The summed E-state index contributed by atoms with van der Waals surface area (Å²) < 4.78 is 0.760. The van der Waals surface area contributed by atoms with Gasteiger partial charge in [0.1, 0.15) is 0 Å². The third kappa shape index (κ3) is 1.64. The van der Waals surface area contributed by atoms with Crippen molar-refractivity contribution >= 4 is 33.4 Å². The van der Waals surface area contributed by atoms with Crippen LogP contribution < -0.4 is 5.73 Å². The monoisotopic (exact) mass is 322 g/mol. The Morgan fingerprint density at radius 2 is 1.84 bits per heavy atom. The van der Waals surface area contributed by atoms with Gasteiger partial charge in [0.05, 0.1) is 18.4 Å². The zero-order chi connectivity index (χ0) is 13.9. The Labute approximate surface area is 120 Å². The van der Waals surface area contributed by atoms with Crippen LogP contribution in [0.3, 0.4) is 0 Å². The molecule has 1 heterocycles. The average molecular weight is 323 g/mol. The number of benzene rings is 1. The number of fused-ring (bicyclic) bond motifs is 1. The number of carbonyl (C=O) groups excluding carboxylic acids is 2. The topological polar surface area (TPSA) is 63.4 Å². The van der Waals surface area contributed by atoms with E-state index in [0.717, 1.165) is 10.0 Å². The molecule has 5 heteroatoms. The molecular formula is C14H15BrN2O2. The molecule has 2 fully saturated rings. The van der Waals surface area contributed by atoms with Crippen LogP contribution in [0.5, 0.6) is 0 Å². The SMILES string of the molecule is CC1(C)C2C(=O)N(Cc3cccc(N)c3Br)C(=O)C21. The number of nitrogens with zero attached hydrogens (tertiary/aromatic N) is 1. The van der Waals surface area contributed by atoms with E-state index in [4.69, 9.17) is 5.73 Å². The van der Waals surface area contributed by atoms with Crippen molar-refractivity contribution in [1.82, 2.24) is 4.90 Å². The van der Waals surface area contributed by atoms with Crippen molar-refractivity contribution in [1.29, 1.82) is 0 Å². The summed E-state index contributed by atoms with van der Waals surface area (Å²) in [6, 6.07) is 5.48. The van der Waals surface area contributed by atoms with E-state index in [0.29, 0.717) is 12.2 Å². The molecule has 0 aromatic heterocycles. The molecule has 1 saturated carbocycles. The van der Waals surface area contributed by atoms with Crippen molar-refractivity contribution in [2.24, 2.45) is 17.3 Å². The Balaban J connectivity index is 1.85. The predicted molar refractivity (Wildman–Crippen MR) is 74.9 cm³/mol. The van der Waals surface area contributed by atoms with Crippen molar-refractivity contribution in [2.75, 3.05) is 5.73 Å². The summed E-state index contributed by atoms with van der Waals surface area (Å²) in [5.74, 6) is -0.344. The lowest BCUT2D eigenvalue weighted by Crippen LogP contribution is -2.35. The number of anilines is 1. The van der Waals surface area contributed by atoms with Gasteiger partial charge >= 0.3 is 0 Å². The van der Waals surface area contributed by atoms with E-state index < -0.39 is 0 Å². The number of hydrogen-bond acceptors (Lipinski definition) is 3. The normalized spacial score (nSPS) is 27.6. The number of rotatable bonds is 2. The van der Waals surface area contributed by atoms with Crippen molar-refractivity contribution < 1.29 is 9.59 Å². The summed E-state index contributed by atoms with van der Waals surface area (Å²) in [4.78, 5) is 25.8. The molecule has 1 aliphatic heterocycles. The van der Waals surface area contributed by atoms with E-state index in [2.05, 4.69) is 15.9 Å². The smallest absolute Gasteiger partial charge is 0.233 e. The fourth-order valence-electron chi connectivity index (χ4n) is 3.05. The molecule has 0 radical (unpaired) electrons. The number of imide groups is 1. The molecule has 1 aliphatic carbocycles. The van der Waals surface area contributed by atoms with E-state index in [1.807, 2.05) is 26.0 Å². The van der Waals surface area contributed by atoms with Gasteiger partial charge in [0.2, 0.25) is 11.8 Å². The lowest BCUT2D eigenvalue weighted by Gasteiger charge is -2.21. The molecule has 1 aromatic carbocycles. The van der Waals surface area contributed by atoms with Gasteiger partial charge in [-0.1, -0.05) is 26.0 Å². The van der Waals surface area contributed by atoms with Gasteiger partial charge in [0.25, 0.3) is 0 Å². The summed E-state index contributed by atoms with van der Waals surface area (Å²) >= 11 is 3.40. The third-order valence-corrected chi connectivity index (χ3v) is 5.30. The summed E-state index contributed by atoms with van der Waals surface area (Å²) in [6.45, 7) is 4.25. The van der Waals surface area contributed by atoms with Crippen LogP contribution >= 0.6 is 15.9 Å². The Bertz CT molecular complexity index is 573. The van der Waals surface area contributed by atoms with Gasteiger partial charge in [0, 0.05) is 10.2 Å². The van der Waals surface area contributed by atoms with Crippen LogP contribution in [-0.4, -0.2) is 16.7 Å². The van der Waals surface area contributed by atoms with E-state index in [9.17, 15) is 9.59 Å². The number of amides is 2. The highest BCUT2D eigenvalue weighted by atomic mass is 79.9. The first kappa shape index (κ1) is 12.7. The number of hydrogen-bond donors (Lipinski definition) is 1. The highest BCUT2D eigenvalue weighted by molar-refractivity contribution is 9.10. The van der Waals surface area contributed by atoms with Gasteiger partial charge in [-0.3, -0.25) is 14.5 Å². The molecule has 2 atom stereocenters. The Morgan fingerprint density at radius 3 is 2.42 bits per heavy atom. The first-order valence-electron chi connectivity index (χ1n) is 6.23. The molecule has 1 saturated heterocycles. The number of carbonyl (C=O) groups is 2. The standard InChI is InChI=1S/C14H15BrN2O2/c1-14(2)9-10(14)13(19)17(12(9)18)6-7-4-3-5-8(16)11(7)15/h3-5,9-10H,6,16H2,1-2H3. The second-order valence-corrected chi connectivity index (χ2v) is 6.65. The largest absolute Gasteiger partial charge is 0.398 e. The maximum Gasteiger partial charge on any atom is 0.233 e. The van der Waals surface area contributed by atoms with E-state index in [1.165, 1.54) is 4.90 Å². The highest BCUT2D eigenvalue weighted by Crippen LogP contribution is 2.63. The molecule has 3 rings (SSSR count). The zero-order valence-corrected chi connectivity index (χ0v) is 12.4. The van der Waals surface area contributed by atoms with Crippen LogP contribution in [0.15, 0.2) is 22.7 Å². The van der Waals surface area contributed by atoms with Crippen LogP contribution in [0.25, 0.3) is 0 Å². The molecule has 19 heavy (non-hydrogen) atoms. The second kappa shape index (κ2) is 3.82. The number of halogens is 1. The fraction of sp³-hybridized carbons (Fsp3) is 0.429. The minimum atomic E-state index is -0.155. The summed E-state index contributed by atoms with van der Waals surface area (Å²) in [5, 5.41) is 0. The minimum absolute atomic E-state index is 0.0469. The third-order valence-electron chi connectivity index (χ3n) is 4.33. The zero-order valence-electron chi connectivity index (χ0n) is 10.8. The summed E-state index contributed by atoms with van der Waals surface area (Å²) in [5.41, 5.74) is 7.13. The van der Waals surface area contributed by atoms with Crippen molar-refractivity contribution in [3.63, 3.8) is 0 Å². The highest BCUT2D eigenvalue weighted by Gasteiger charge is 2.72. The molecule has 2 unspecified atom stereocenters. The van der Waals surface area contributed by atoms with Crippen molar-refractivity contribution in [3.8, 4) is 0 Å². The van der Waals surface area contributed by atoms with E-state index >= 15 is 0 Å². The average Bonchev–Trinajstić information content (AvgIpc) is 2.81. The van der Waals surface area contributed by atoms with Crippen LogP contribution in [0.4, 0.5) is 5.69 Å². The Morgan fingerprint density at radius 1 is 1.26 bits per heavy atom. The maximum absolute atomic E-state index is 12.2. The maximum atomic E-state index is 12.2. The molecule has 4 nitrogen and oxygen atoms in total. The Kier molecular flexibility index (Phi) is 2.55. The summed E-state index contributed by atoms with van der Waals surface area (Å²) in [7, 11) is 0. The lowest BCUT2D eigenvalue weighted by molar-refractivity contribution is -0.143. The molecule has 0 bridgehead atoms. The van der Waals surface area contributed by atoms with Crippen LogP contribution in [0, 0.1) is 17.3 Å². The lowest BCUT2D eigenvalue weighted by atomic mass is 10.1. The first-order valence-corrected chi connectivity index (χ1v) is 7.03. The van der Waals surface area contributed by atoms with Crippen molar-refractivity contribution in [3.05, 3.63) is 28.2 Å². The Hall–Kier alpha value is -1.36. The molecule has 0 spiro atoms. The van der Waals surface area contributed by atoms with Gasteiger partial charge in [-0.05, 0) is 33.0 Å². The fourth-order valence-corrected chi connectivity index (χ4v) is 3.44. The molecule has 2 N–H and O–H groups in total. The minimum Gasteiger partial charge on any atom is -0.398 e. The molecule has 100 valence electrons. The van der Waals surface area contributed by atoms with Crippen LogP contribution in [0.1, 0.15) is 19.4 Å². The molecule has 2 aliphatic rings. The van der Waals surface area contributed by atoms with Crippen LogP contribution in [-0.2, 0) is 16.1 Å². The van der Waals surface area contributed by atoms with Gasteiger partial charge in [-0.15, -0.1) is 0 Å². The van der Waals surface area contributed by atoms with Crippen LogP contribution in [0.2, 0.25) is 0 Å². The predicted octanol–water partition coefficient (Wildman–Crippen LogP) is 2.17. The number of likely N-dealkylation sites (tertiary alicyclic amines) is 1. The number of piperidine rings is 1. The van der Waals surface area contributed by atoms with Gasteiger partial charge in [-0.25, -0.2) is 0 Å². The van der Waals surface area contributed by atoms with Gasteiger partial charge < -0.3 is 5.73 Å².